The van der Waals surface area contributed by atoms with Crippen LogP contribution in [0.3, 0.4) is 0 Å². The van der Waals surface area contributed by atoms with Gasteiger partial charge in [0.1, 0.15) is 17.8 Å². The Morgan fingerprint density at radius 2 is 1.08 bits per heavy atom. The number of carbonyl (C=O) groups is 3. The lowest BCUT2D eigenvalue weighted by Crippen LogP contribution is -2.24. The van der Waals surface area contributed by atoms with E-state index in [1.807, 2.05) is 24.3 Å². The molecule has 0 aromatic heterocycles. The van der Waals surface area contributed by atoms with E-state index in [2.05, 4.69) is 29.8 Å². The summed E-state index contributed by atoms with van der Waals surface area (Å²) in [6, 6.07) is 25.4. The standard InChI is InChI=1S/C14H10ClNO4.C14H12ClNO3.C11H21BrO.C7H4ClNO4/c1-20-11-5-2-9(3-6-11)14(17)12-8-10(16(18)19)4-7-13(12)15;1-19-13-5-2-10(3-6-13)8-11-9-12(16(17)18)4-7-14(11)15;1-3-5-7-11(9-12,10-13)8-6-4-2;8-6-2-1-4(9(12)13)3-5(6)7(10)11/h2-8H,1H3;2-7,9H,8H2,1H3;10H,3-9H2,1-2H3;1-3H,(H,10,11). The normalized spacial score (nSPS) is 10.3. The fraction of sp³-hybridized carbons (Fsp3) is 0.283. The van der Waals surface area contributed by atoms with E-state index in [4.69, 9.17) is 49.4 Å². The van der Waals surface area contributed by atoms with Crippen molar-refractivity contribution in [3.8, 4) is 11.5 Å². The summed E-state index contributed by atoms with van der Waals surface area (Å²) in [5, 5.41) is 41.8. The van der Waals surface area contributed by atoms with Crippen molar-refractivity contribution in [3.63, 3.8) is 0 Å². The van der Waals surface area contributed by atoms with Crippen LogP contribution in [0, 0.1) is 35.8 Å². The first-order valence-electron chi connectivity index (χ1n) is 19.8. The maximum absolute atomic E-state index is 12.3. The highest BCUT2D eigenvalue weighted by atomic mass is 79.9. The number of ketones is 1. The first kappa shape index (κ1) is 55.2. The van der Waals surface area contributed by atoms with Gasteiger partial charge in [0.2, 0.25) is 0 Å². The topological polar surface area (TPSA) is 219 Å². The minimum absolute atomic E-state index is 0.0156. The van der Waals surface area contributed by atoms with Crippen LogP contribution in [-0.2, 0) is 11.2 Å². The molecule has 0 aliphatic rings. The number of nitrogens with zero attached hydrogens (tertiary/aromatic N) is 3. The quantitative estimate of drug-likeness (QED) is 0.0285. The lowest BCUT2D eigenvalue weighted by Gasteiger charge is -2.25. The number of nitro groups is 3. The number of hydrogen-bond acceptors (Lipinski definition) is 11. The van der Waals surface area contributed by atoms with Gasteiger partial charge in [0.05, 0.1) is 44.6 Å². The number of ether oxygens (including phenoxy) is 2. The summed E-state index contributed by atoms with van der Waals surface area (Å²) in [5.41, 5.74) is 1.48. The van der Waals surface area contributed by atoms with Crippen LogP contribution >= 0.6 is 50.7 Å². The highest BCUT2D eigenvalue weighted by Crippen LogP contribution is 2.31. The minimum Gasteiger partial charge on any atom is -0.497 e. The summed E-state index contributed by atoms with van der Waals surface area (Å²) in [6.07, 6.45) is 8.46. The summed E-state index contributed by atoms with van der Waals surface area (Å²) in [6.45, 7) is 4.34. The molecular formula is C46H47BrCl3N3O12. The molecule has 0 radical (unpaired) electrons. The average molecular weight is 1020 g/mol. The molecule has 0 amide bonds. The fourth-order valence-electron chi connectivity index (χ4n) is 5.73. The number of hydrogen-bond donors (Lipinski definition) is 1. The Kier molecular flexibility index (Phi) is 23.8. The first-order chi connectivity index (χ1) is 30.9. The number of non-ortho nitro benzene ring substituents is 3. The van der Waals surface area contributed by atoms with E-state index in [0.29, 0.717) is 22.8 Å². The van der Waals surface area contributed by atoms with Crippen LogP contribution in [0.2, 0.25) is 15.1 Å². The average Bonchev–Trinajstić information content (AvgIpc) is 3.30. The zero-order chi connectivity index (χ0) is 48.7. The Bertz CT molecular complexity index is 2390. The predicted molar refractivity (Wildman–Crippen MR) is 255 cm³/mol. The molecule has 5 rings (SSSR count). The Morgan fingerprint density at radius 3 is 1.48 bits per heavy atom. The minimum atomic E-state index is -1.28. The van der Waals surface area contributed by atoms with Gasteiger partial charge in [0.15, 0.2) is 5.78 Å². The number of aromatic carboxylic acids is 1. The molecule has 0 heterocycles. The van der Waals surface area contributed by atoms with E-state index in [-0.39, 0.29) is 49.4 Å². The number of rotatable bonds is 18. The largest absolute Gasteiger partial charge is 0.497 e. The molecule has 0 spiro atoms. The van der Waals surface area contributed by atoms with Gasteiger partial charge in [0.25, 0.3) is 17.1 Å². The highest BCUT2D eigenvalue weighted by Gasteiger charge is 2.27. The molecular weight excluding hydrogens is 973 g/mol. The Balaban J connectivity index is 0.000000304. The molecule has 0 aliphatic carbocycles. The molecule has 0 aliphatic heterocycles. The molecule has 0 atom stereocenters. The summed E-state index contributed by atoms with van der Waals surface area (Å²) >= 11 is 21.0. The zero-order valence-electron chi connectivity index (χ0n) is 35.8. The van der Waals surface area contributed by atoms with Crippen molar-refractivity contribution in [2.75, 3.05) is 19.5 Å². The third-order valence-electron chi connectivity index (χ3n) is 9.52. The number of carbonyl (C=O) groups excluding carboxylic acids is 2. The first-order valence-corrected chi connectivity index (χ1v) is 22.0. The third kappa shape index (κ3) is 17.9. The molecule has 5 aromatic rings. The van der Waals surface area contributed by atoms with Crippen molar-refractivity contribution in [2.24, 2.45) is 5.41 Å². The van der Waals surface area contributed by atoms with Crippen molar-refractivity contribution >= 4 is 85.8 Å². The lowest BCUT2D eigenvalue weighted by atomic mass is 9.82. The van der Waals surface area contributed by atoms with Crippen molar-refractivity contribution in [3.05, 3.63) is 176 Å². The molecule has 65 heavy (non-hydrogen) atoms. The van der Waals surface area contributed by atoms with Gasteiger partial charge in [0, 0.05) is 63.3 Å². The van der Waals surface area contributed by atoms with Crippen LogP contribution in [-0.4, -0.2) is 57.5 Å². The number of benzene rings is 5. The highest BCUT2D eigenvalue weighted by molar-refractivity contribution is 9.09. The van der Waals surface area contributed by atoms with Crippen LogP contribution in [0.25, 0.3) is 0 Å². The van der Waals surface area contributed by atoms with E-state index >= 15 is 0 Å². The van der Waals surface area contributed by atoms with Gasteiger partial charge in [-0.25, -0.2) is 4.79 Å². The number of aldehydes is 1. The smallest absolute Gasteiger partial charge is 0.337 e. The predicted octanol–water partition coefficient (Wildman–Crippen LogP) is 13.2. The van der Waals surface area contributed by atoms with E-state index in [9.17, 15) is 44.7 Å². The van der Waals surface area contributed by atoms with Gasteiger partial charge >= 0.3 is 5.97 Å². The summed E-state index contributed by atoms with van der Waals surface area (Å²) in [4.78, 5) is 63.9. The zero-order valence-corrected chi connectivity index (χ0v) is 39.7. The molecule has 5 aromatic carbocycles. The molecule has 15 nitrogen and oxygen atoms in total. The van der Waals surface area contributed by atoms with Crippen LogP contribution in [0.4, 0.5) is 17.1 Å². The molecule has 0 fully saturated rings. The Morgan fingerprint density at radius 1 is 0.662 bits per heavy atom. The number of carboxylic acids is 1. The number of alkyl halides is 1. The van der Waals surface area contributed by atoms with Crippen LogP contribution in [0.15, 0.2) is 103 Å². The second-order valence-corrected chi connectivity index (χ2v) is 15.9. The van der Waals surface area contributed by atoms with Gasteiger partial charge in [-0.05, 0) is 85.0 Å². The summed E-state index contributed by atoms with van der Waals surface area (Å²) in [5.74, 6) is -0.268. The van der Waals surface area contributed by atoms with Crippen molar-refractivity contribution < 1.29 is 43.7 Å². The lowest BCUT2D eigenvalue weighted by molar-refractivity contribution is -0.385. The molecule has 0 unspecified atom stereocenters. The molecule has 19 heteroatoms. The second-order valence-electron chi connectivity index (χ2n) is 14.1. The number of unbranched alkanes of at least 4 members (excludes halogenated alkanes) is 2. The monoisotopic (exact) mass is 1020 g/mol. The van der Waals surface area contributed by atoms with Gasteiger partial charge in [-0.2, -0.15) is 0 Å². The SMILES string of the molecule is CCCCC(C=O)(CBr)CCCC.COc1ccc(C(=O)c2cc([N+](=O)[O-])ccc2Cl)cc1.COc1ccc(Cc2cc([N+](=O)[O-])ccc2Cl)cc1.O=C(O)c1cc([N+](=O)[O-])ccc1Cl. The van der Waals surface area contributed by atoms with E-state index in [0.717, 1.165) is 66.3 Å². The van der Waals surface area contributed by atoms with Crippen molar-refractivity contribution in [1.82, 2.24) is 0 Å². The Hall–Kier alpha value is -5.94. The number of nitro benzene ring substituents is 3. The van der Waals surface area contributed by atoms with Gasteiger partial charge in [-0.3, -0.25) is 35.1 Å². The maximum atomic E-state index is 12.3. The molecule has 0 saturated carbocycles. The van der Waals surface area contributed by atoms with E-state index in [1.54, 1.807) is 37.4 Å². The number of methoxy groups -OCH3 is 2. The van der Waals surface area contributed by atoms with Crippen LogP contribution in [0.1, 0.15) is 89.8 Å². The summed E-state index contributed by atoms with van der Waals surface area (Å²) < 4.78 is 10.1. The van der Waals surface area contributed by atoms with Gasteiger partial charge in [-0.15, -0.1) is 0 Å². The van der Waals surface area contributed by atoms with Crippen molar-refractivity contribution in [2.45, 2.75) is 58.8 Å². The molecule has 346 valence electrons. The summed E-state index contributed by atoms with van der Waals surface area (Å²) in [7, 11) is 3.13. The Labute approximate surface area is 399 Å². The van der Waals surface area contributed by atoms with E-state index in [1.165, 1.54) is 56.3 Å². The van der Waals surface area contributed by atoms with Crippen molar-refractivity contribution in [1.29, 1.82) is 0 Å². The van der Waals surface area contributed by atoms with Crippen LogP contribution in [0.5, 0.6) is 11.5 Å². The second kappa shape index (κ2) is 28.1. The molecule has 0 saturated heterocycles. The number of carboxylic acid groups (broad SMARTS) is 1. The molecule has 1 N–H and O–H groups in total. The number of halogens is 4. The van der Waals surface area contributed by atoms with Crippen LogP contribution < -0.4 is 9.47 Å². The molecule has 0 bridgehead atoms. The van der Waals surface area contributed by atoms with Gasteiger partial charge in [-0.1, -0.05) is 102 Å². The third-order valence-corrected chi connectivity index (χ3v) is 11.7. The van der Waals surface area contributed by atoms with Gasteiger partial charge < -0.3 is 19.4 Å². The maximum Gasteiger partial charge on any atom is 0.337 e. The van der Waals surface area contributed by atoms with E-state index < -0.39 is 20.7 Å². The fourth-order valence-corrected chi connectivity index (χ4v) is 7.01.